The first kappa shape index (κ1) is 19.9. The van der Waals surface area contributed by atoms with Crippen molar-refractivity contribution in [2.45, 2.75) is 13.8 Å². The van der Waals surface area contributed by atoms with Gasteiger partial charge in [0.25, 0.3) is 5.91 Å². The van der Waals surface area contributed by atoms with Crippen LogP contribution in [0.15, 0.2) is 54.6 Å². The molecule has 6 heteroatoms. The highest BCUT2D eigenvalue weighted by molar-refractivity contribution is 5.96. The lowest BCUT2D eigenvalue weighted by Crippen LogP contribution is -2.35. The molecule has 2 aromatic rings. The van der Waals surface area contributed by atoms with Crippen molar-refractivity contribution in [3.63, 3.8) is 0 Å². The molecule has 140 valence electrons. The fourth-order valence-electron chi connectivity index (χ4n) is 2.34. The third-order valence-electron chi connectivity index (χ3n) is 3.75. The van der Waals surface area contributed by atoms with Gasteiger partial charge in [-0.25, -0.2) is 4.79 Å². The molecule has 0 spiro atoms. The number of para-hydroxylation sites is 1. The van der Waals surface area contributed by atoms with Crippen LogP contribution in [-0.4, -0.2) is 30.9 Å². The minimum absolute atomic E-state index is 0.204. The van der Waals surface area contributed by atoms with E-state index >= 15 is 0 Å². The van der Waals surface area contributed by atoms with Crippen LogP contribution in [0.2, 0.25) is 0 Å². The summed E-state index contributed by atoms with van der Waals surface area (Å²) in [5, 5.41) is 5.18. The Balaban J connectivity index is 1.72. The zero-order valence-corrected chi connectivity index (χ0v) is 15.3. The van der Waals surface area contributed by atoms with E-state index in [-0.39, 0.29) is 12.5 Å². The van der Waals surface area contributed by atoms with E-state index in [1.54, 1.807) is 6.08 Å². The molecule has 0 aliphatic rings. The van der Waals surface area contributed by atoms with Crippen LogP contribution in [0.4, 0.5) is 5.69 Å². The Bertz CT molecular complexity index is 824. The number of hydrogen-bond acceptors (Lipinski definition) is 4. The van der Waals surface area contributed by atoms with Crippen LogP contribution in [0.1, 0.15) is 16.7 Å². The van der Waals surface area contributed by atoms with Gasteiger partial charge in [-0.15, -0.1) is 0 Å². The van der Waals surface area contributed by atoms with E-state index in [2.05, 4.69) is 10.6 Å². The van der Waals surface area contributed by atoms with Gasteiger partial charge in [-0.3, -0.25) is 9.59 Å². The van der Waals surface area contributed by atoms with Crippen LogP contribution < -0.4 is 10.6 Å². The highest BCUT2D eigenvalue weighted by Crippen LogP contribution is 2.18. The lowest BCUT2D eigenvalue weighted by molar-refractivity contribution is -0.143. The Morgan fingerprint density at radius 1 is 0.926 bits per heavy atom. The molecule has 0 radical (unpaired) electrons. The van der Waals surface area contributed by atoms with E-state index in [0.717, 1.165) is 22.4 Å². The predicted octanol–water partition coefficient (Wildman–Crippen LogP) is 2.61. The average molecular weight is 366 g/mol. The van der Waals surface area contributed by atoms with Crippen molar-refractivity contribution < 1.29 is 19.1 Å². The number of ether oxygens (including phenoxy) is 1. The third-order valence-corrected chi connectivity index (χ3v) is 3.75. The van der Waals surface area contributed by atoms with E-state index < -0.39 is 18.5 Å². The maximum Gasteiger partial charge on any atom is 0.331 e. The van der Waals surface area contributed by atoms with Crippen molar-refractivity contribution in [1.29, 1.82) is 0 Å². The van der Waals surface area contributed by atoms with Crippen molar-refractivity contribution in [3.8, 4) is 0 Å². The number of amides is 2. The van der Waals surface area contributed by atoms with Crippen LogP contribution in [0.25, 0.3) is 6.08 Å². The molecule has 0 heterocycles. The van der Waals surface area contributed by atoms with Crippen LogP contribution >= 0.6 is 0 Å². The van der Waals surface area contributed by atoms with Gasteiger partial charge in [0.1, 0.15) is 0 Å². The number of hydrogen-bond donors (Lipinski definition) is 2. The van der Waals surface area contributed by atoms with Gasteiger partial charge >= 0.3 is 5.97 Å². The Morgan fingerprint density at radius 3 is 2.26 bits per heavy atom. The molecular weight excluding hydrogens is 344 g/mol. The topological polar surface area (TPSA) is 84.5 Å². The van der Waals surface area contributed by atoms with Crippen LogP contribution in [0, 0.1) is 13.8 Å². The number of aryl methyl sites for hydroxylation is 2. The zero-order chi connectivity index (χ0) is 19.6. The first-order valence-electron chi connectivity index (χ1n) is 8.48. The maximum atomic E-state index is 12.0. The Morgan fingerprint density at radius 2 is 1.59 bits per heavy atom. The second kappa shape index (κ2) is 9.91. The molecule has 27 heavy (non-hydrogen) atoms. The van der Waals surface area contributed by atoms with Gasteiger partial charge in [0.05, 0.1) is 6.54 Å². The summed E-state index contributed by atoms with van der Waals surface area (Å²) in [7, 11) is 0. The van der Waals surface area contributed by atoms with Gasteiger partial charge in [0.2, 0.25) is 5.91 Å². The highest BCUT2D eigenvalue weighted by Gasteiger charge is 2.10. The van der Waals surface area contributed by atoms with Gasteiger partial charge in [-0.2, -0.15) is 0 Å². The van der Waals surface area contributed by atoms with E-state index in [1.807, 2.05) is 62.4 Å². The molecule has 0 unspecified atom stereocenters. The second-order valence-corrected chi connectivity index (χ2v) is 5.94. The molecule has 0 saturated carbocycles. The summed E-state index contributed by atoms with van der Waals surface area (Å²) < 4.78 is 4.84. The number of rotatable bonds is 7. The summed E-state index contributed by atoms with van der Waals surface area (Å²) in [6.07, 6.45) is 2.84. The van der Waals surface area contributed by atoms with Crippen molar-refractivity contribution in [1.82, 2.24) is 5.32 Å². The molecular formula is C21H22N2O4. The molecule has 2 N–H and O–H groups in total. The second-order valence-electron chi connectivity index (χ2n) is 5.94. The Kier molecular flexibility index (Phi) is 7.31. The average Bonchev–Trinajstić information content (AvgIpc) is 2.67. The van der Waals surface area contributed by atoms with Gasteiger partial charge < -0.3 is 15.4 Å². The van der Waals surface area contributed by atoms with Crippen LogP contribution in [0.5, 0.6) is 0 Å². The normalized spacial score (nSPS) is 10.4. The van der Waals surface area contributed by atoms with Crippen molar-refractivity contribution in [3.05, 3.63) is 71.3 Å². The molecule has 0 bridgehead atoms. The van der Waals surface area contributed by atoms with Gasteiger partial charge in [0, 0.05) is 11.8 Å². The molecule has 0 saturated heterocycles. The molecule has 0 aliphatic heterocycles. The Labute approximate surface area is 158 Å². The zero-order valence-electron chi connectivity index (χ0n) is 15.3. The van der Waals surface area contributed by atoms with E-state index in [1.165, 1.54) is 6.08 Å². The number of carbonyl (C=O) groups excluding carboxylic acids is 3. The van der Waals surface area contributed by atoms with Gasteiger partial charge in [-0.05, 0) is 36.6 Å². The first-order valence-corrected chi connectivity index (χ1v) is 8.48. The molecule has 2 amide bonds. The summed E-state index contributed by atoms with van der Waals surface area (Å²) in [5.74, 6) is -1.53. The predicted molar refractivity (Wildman–Crippen MR) is 104 cm³/mol. The van der Waals surface area contributed by atoms with Crippen LogP contribution in [0.3, 0.4) is 0 Å². The molecule has 0 aromatic heterocycles. The summed E-state index contributed by atoms with van der Waals surface area (Å²) in [6.45, 7) is 3.13. The Hall–Kier alpha value is -3.41. The molecule has 0 aliphatic carbocycles. The molecule has 2 aromatic carbocycles. The fraction of sp³-hybridized carbons (Fsp3) is 0.190. The standard InChI is InChI=1S/C21H22N2O4/c1-15-7-6-8-16(2)21(15)23-18(24)13-22-19(25)14-27-20(26)12-11-17-9-4-3-5-10-17/h3-12H,13-14H2,1-2H3,(H,22,25)(H,23,24)/b12-11+. The SMILES string of the molecule is Cc1cccc(C)c1NC(=O)CNC(=O)COC(=O)/C=C/c1ccccc1. The summed E-state index contributed by atoms with van der Waals surface area (Å²) >= 11 is 0. The van der Waals surface area contributed by atoms with Crippen molar-refractivity contribution >= 4 is 29.5 Å². The largest absolute Gasteiger partial charge is 0.452 e. The molecule has 0 atom stereocenters. The van der Waals surface area contributed by atoms with Gasteiger partial charge in [0.15, 0.2) is 6.61 Å². The summed E-state index contributed by atoms with van der Waals surface area (Å²) in [6, 6.07) is 14.9. The van der Waals surface area contributed by atoms with Crippen LogP contribution in [-0.2, 0) is 19.1 Å². The highest BCUT2D eigenvalue weighted by atomic mass is 16.5. The summed E-state index contributed by atoms with van der Waals surface area (Å²) in [4.78, 5) is 35.3. The maximum absolute atomic E-state index is 12.0. The molecule has 6 nitrogen and oxygen atoms in total. The molecule has 0 fully saturated rings. The third kappa shape index (κ3) is 6.78. The lowest BCUT2D eigenvalue weighted by Gasteiger charge is -2.11. The lowest BCUT2D eigenvalue weighted by atomic mass is 10.1. The first-order chi connectivity index (χ1) is 13.0. The number of carbonyl (C=O) groups is 3. The monoisotopic (exact) mass is 366 g/mol. The van der Waals surface area contributed by atoms with Gasteiger partial charge in [-0.1, -0.05) is 48.5 Å². The number of anilines is 1. The molecule has 2 rings (SSSR count). The van der Waals surface area contributed by atoms with E-state index in [0.29, 0.717) is 0 Å². The number of esters is 1. The summed E-state index contributed by atoms with van der Waals surface area (Å²) in [5.41, 5.74) is 3.46. The van der Waals surface area contributed by atoms with E-state index in [9.17, 15) is 14.4 Å². The minimum atomic E-state index is -0.631. The smallest absolute Gasteiger partial charge is 0.331 e. The van der Waals surface area contributed by atoms with Crippen molar-refractivity contribution in [2.75, 3.05) is 18.5 Å². The number of benzene rings is 2. The quantitative estimate of drug-likeness (QED) is 0.583. The van der Waals surface area contributed by atoms with E-state index in [4.69, 9.17) is 4.74 Å². The van der Waals surface area contributed by atoms with Crippen molar-refractivity contribution in [2.24, 2.45) is 0 Å². The minimum Gasteiger partial charge on any atom is -0.452 e. The number of nitrogens with one attached hydrogen (secondary N) is 2. The fourth-order valence-corrected chi connectivity index (χ4v) is 2.34.